The molecule has 338 valence electrons. The number of hydrogen-bond donors (Lipinski definition) is 4. The predicted molar refractivity (Wildman–Crippen MR) is 250 cm³/mol. The van der Waals surface area contributed by atoms with E-state index in [1.54, 1.807) is 0 Å². The van der Waals surface area contributed by atoms with Gasteiger partial charge >= 0.3 is 0 Å². The summed E-state index contributed by atoms with van der Waals surface area (Å²) in [5, 5.41) is 21.5. The van der Waals surface area contributed by atoms with E-state index in [9.17, 15) is 10.2 Å². The average molecular weight is 795 g/mol. The highest BCUT2D eigenvalue weighted by Crippen LogP contribution is 2.16. The molecule has 2 atom stereocenters. The normalized spacial score (nSPS) is 13.1. The fraction of sp³-hybridized carbons (Fsp3) is 1.00. The van der Waals surface area contributed by atoms with Crippen LogP contribution in [0.1, 0.15) is 258 Å². The lowest BCUT2D eigenvalue weighted by molar-refractivity contribution is 0.101. The molecule has 0 bridgehead atoms. The molecule has 0 spiro atoms. The zero-order chi connectivity index (χ0) is 40.8. The van der Waals surface area contributed by atoms with Gasteiger partial charge in [-0.05, 0) is 77.8 Å². The molecule has 0 aromatic carbocycles. The van der Waals surface area contributed by atoms with Gasteiger partial charge in [0, 0.05) is 13.1 Å². The van der Waals surface area contributed by atoms with Gasteiger partial charge in [0.05, 0.1) is 12.2 Å². The van der Waals surface area contributed by atoms with Crippen LogP contribution in [0.25, 0.3) is 0 Å². The van der Waals surface area contributed by atoms with Crippen LogP contribution in [-0.2, 0) is 0 Å². The molecule has 0 saturated heterocycles. The first-order chi connectivity index (χ1) is 27.6. The van der Waals surface area contributed by atoms with Gasteiger partial charge in [0.15, 0.2) is 0 Å². The first-order valence-corrected chi connectivity index (χ1v) is 25.8. The smallest absolute Gasteiger partial charge is 0.0667 e. The minimum atomic E-state index is -0.189. The van der Waals surface area contributed by atoms with Gasteiger partial charge in [0.2, 0.25) is 0 Å². The Labute approximate surface area is 352 Å². The van der Waals surface area contributed by atoms with E-state index in [-0.39, 0.29) is 12.2 Å². The van der Waals surface area contributed by atoms with Crippen molar-refractivity contribution in [1.82, 2.24) is 9.80 Å². The molecule has 56 heavy (non-hydrogen) atoms. The minimum absolute atomic E-state index is 0.189. The topological polar surface area (TPSA) is 99.0 Å². The van der Waals surface area contributed by atoms with Gasteiger partial charge in [-0.3, -0.25) is 0 Å². The Morgan fingerprint density at radius 1 is 0.304 bits per heavy atom. The van der Waals surface area contributed by atoms with E-state index >= 15 is 0 Å². The summed E-state index contributed by atoms with van der Waals surface area (Å²) in [4.78, 5) is 4.96. The maximum atomic E-state index is 10.7. The number of hydrogen-bond acceptors (Lipinski definition) is 6. The molecule has 6 nitrogen and oxygen atoms in total. The van der Waals surface area contributed by atoms with Gasteiger partial charge in [0.1, 0.15) is 0 Å². The van der Waals surface area contributed by atoms with E-state index in [4.69, 9.17) is 11.5 Å². The van der Waals surface area contributed by atoms with Gasteiger partial charge in [-0.1, -0.05) is 219 Å². The average Bonchev–Trinajstić information content (AvgIpc) is 3.19. The van der Waals surface area contributed by atoms with E-state index < -0.39 is 0 Å². The fourth-order valence-electron chi connectivity index (χ4n) is 8.52. The van der Waals surface area contributed by atoms with Crippen LogP contribution in [0.5, 0.6) is 0 Å². The second-order valence-electron chi connectivity index (χ2n) is 18.1. The summed E-state index contributed by atoms with van der Waals surface area (Å²) in [6, 6.07) is 0. The van der Waals surface area contributed by atoms with Crippen molar-refractivity contribution in [3.63, 3.8) is 0 Å². The van der Waals surface area contributed by atoms with Gasteiger partial charge in [-0.2, -0.15) is 0 Å². The molecule has 0 heterocycles. The molecule has 0 fully saturated rings. The van der Waals surface area contributed by atoms with Crippen LogP contribution in [0.2, 0.25) is 0 Å². The predicted octanol–water partition coefficient (Wildman–Crippen LogP) is 13.1. The first kappa shape index (κ1) is 55.8. The fourth-order valence-corrected chi connectivity index (χ4v) is 8.52. The summed E-state index contributed by atoms with van der Waals surface area (Å²) in [5.41, 5.74) is 11.7. The molecule has 0 amide bonds. The van der Waals surface area contributed by atoms with Crippen molar-refractivity contribution < 1.29 is 10.2 Å². The quantitative estimate of drug-likeness (QED) is 0.0458. The summed E-state index contributed by atoms with van der Waals surface area (Å²) in [6.07, 6.45) is 49.6. The maximum absolute atomic E-state index is 10.7. The lowest BCUT2D eigenvalue weighted by atomic mass is 10.0. The van der Waals surface area contributed by atoms with Crippen molar-refractivity contribution >= 4 is 0 Å². The number of aliphatic hydroxyl groups is 2. The van der Waals surface area contributed by atoms with Crippen molar-refractivity contribution in [3.8, 4) is 0 Å². The minimum Gasteiger partial charge on any atom is -0.392 e. The molecule has 0 aromatic heterocycles. The van der Waals surface area contributed by atoms with Crippen molar-refractivity contribution in [2.45, 2.75) is 270 Å². The van der Waals surface area contributed by atoms with Crippen LogP contribution < -0.4 is 11.5 Å². The zero-order valence-electron chi connectivity index (χ0n) is 38.6. The molecular formula is C50H106N4O2. The number of nitrogens with two attached hydrogens (primary N) is 2. The summed E-state index contributed by atoms with van der Waals surface area (Å²) >= 11 is 0. The van der Waals surface area contributed by atoms with Crippen LogP contribution in [-0.4, -0.2) is 84.6 Å². The molecule has 0 aromatic rings. The van der Waals surface area contributed by atoms with Gasteiger partial charge in [-0.25, -0.2) is 0 Å². The third kappa shape index (κ3) is 43.3. The molecular weight excluding hydrogens is 689 g/mol. The zero-order valence-corrected chi connectivity index (χ0v) is 38.6. The summed E-state index contributed by atoms with van der Waals surface area (Å²) in [5.74, 6) is 0. The highest BCUT2D eigenvalue weighted by Gasteiger charge is 2.13. The van der Waals surface area contributed by atoms with Crippen molar-refractivity contribution in [2.75, 3.05) is 52.4 Å². The second-order valence-corrected chi connectivity index (χ2v) is 18.1. The Bertz CT molecular complexity index is 655. The highest BCUT2D eigenvalue weighted by molar-refractivity contribution is 4.68. The number of aliphatic hydroxyl groups excluding tert-OH is 2. The van der Waals surface area contributed by atoms with Crippen molar-refractivity contribution in [3.05, 3.63) is 0 Å². The van der Waals surface area contributed by atoms with Gasteiger partial charge in [-0.15, -0.1) is 0 Å². The number of rotatable bonds is 49. The molecule has 2 unspecified atom stereocenters. The standard InChI is InChI=1S/C50H106N4O2/c1-3-5-7-9-11-13-15-17-21-25-29-33-39-49(55)47-53(45-37-41-51)43-35-31-27-23-19-20-24-28-32-36-44-54(46-38-42-52)48-50(56)40-34-30-26-22-18-16-14-12-10-8-6-4-2/h49-50,55-56H,3-48,51-52H2,1-2H3. The van der Waals surface area contributed by atoms with E-state index in [1.807, 2.05) is 0 Å². The molecule has 6 N–H and O–H groups in total. The van der Waals surface area contributed by atoms with E-state index in [2.05, 4.69) is 23.6 Å². The van der Waals surface area contributed by atoms with Gasteiger partial charge < -0.3 is 31.5 Å². The van der Waals surface area contributed by atoms with Gasteiger partial charge in [0.25, 0.3) is 0 Å². The summed E-state index contributed by atoms with van der Waals surface area (Å²) in [6.45, 7) is 12.0. The largest absolute Gasteiger partial charge is 0.392 e. The third-order valence-electron chi connectivity index (χ3n) is 12.3. The summed E-state index contributed by atoms with van der Waals surface area (Å²) in [7, 11) is 0. The molecule has 0 aliphatic rings. The second kappa shape index (κ2) is 47.4. The Kier molecular flexibility index (Phi) is 47.2. The number of nitrogens with zero attached hydrogens (tertiary/aromatic N) is 2. The molecule has 6 heteroatoms. The lowest BCUT2D eigenvalue weighted by Gasteiger charge is -2.25. The van der Waals surface area contributed by atoms with E-state index in [0.717, 1.165) is 78.0 Å². The van der Waals surface area contributed by atoms with Crippen LogP contribution >= 0.6 is 0 Å². The molecule has 0 rings (SSSR count). The lowest BCUT2D eigenvalue weighted by Crippen LogP contribution is -2.35. The Balaban J connectivity index is 3.83. The first-order valence-electron chi connectivity index (χ1n) is 25.8. The van der Waals surface area contributed by atoms with Crippen LogP contribution in [0.15, 0.2) is 0 Å². The molecule has 0 aliphatic carbocycles. The SMILES string of the molecule is CCCCCCCCCCCCCCC(O)CN(CCCN)CCCCCCCCCCCCN(CCCN)CC(O)CCCCCCCCCCCCCC. The summed E-state index contributed by atoms with van der Waals surface area (Å²) < 4.78 is 0. The third-order valence-corrected chi connectivity index (χ3v) is 12.3. The van der Waals surface area contributed by atoms with Crippen LogP contribution in [0, 0.1) is 0 Å². The Hall–Kier alpha value is -0.240. The highest BCUT2D eigenvalue weighted by atomic mass is 16.3. The number of unbranched alkanes of at least 4 members (excludes halogenated alkanes) is 31. The van der Waals surface area contributed by atoms with Crippen LogP contribution in [0.4, 0.5) is 0 Å². The Morgan fingerprint density at radius 2 is 0.518 bits per heavy atom. The monoisotopic (exact) mass is 795 g/mol. The van der Waals surface area contributed by atoms with E-state index in [0.29, 0.717) is 0 Å². The molecule has 0 aliphatic heterocycles. The molecule has 0 radical (unpaired) electrons. The maximum Gasteiger partial charge on any atom is 0.0667 e. The van der Waals surface area contributed by atoms with Crippen molar-refractivity contribution in [2.24, 2.45) is 11.5 Å². The Morgan fingerprint density at radius 3 is 0.768 bits per heavy atom. The molecule has 0 saturated carbocycles. The van der Waals surface area contributed by atoms with Crippen LogP contribution in [0.3, 0.4) is 0 Å². The van der Waals surface area contributed by atoms with Crippen molar-refractivity contribution in [1.29, 1.82) is 0 Å². The van der Waals surface area contributed by atoms with E-state index in [1.165, 1.54) is 218 Å².